The van der Waals surface area contributed by atoms with E-state index in [9.17, 15) is 23.4 Å². The van der Waals surface area contributed by atoms with Crippen LogP contribution in [0.25, 0.3) is 0 Å². The lowest BCUT2D eigenvalue weighted by molar-refractivity contribution is -0.125. The molecule has 0 aromatic heterocycles. The van der Waals surface area contributed by atoms with Crippen molar-refractivity contribution in [1.29, 1.82) is 0 Å². The molecule has 8 heteroatoms. The van der Waals surface area contributed by atoms with Gasteiger partial charge in [-0.2, -0.15) is 0 Å². The lowest BCUT2D eigenvalue weighted by Crippen LogP contribution is -2.30. The number of hydrogen-bond acceptors (Lipinski definition) is 6. The molecule has 0 radical (unpaired) electrons. The summed E-state index contributed by atoms with van der Waals surface area (Å²) in [6.07, 6.45) is 0.848. The summed E-state index contributed by atoms with van der Waals surface area (Å²) in [5.74, 6) is -0.620. The van der Waals surface area contributed by atoms with Gasteiger partial charge in [0, 0.05) is 30.2 Å². The molecule has 1 aliphatic rings. The quantitative estimate of drug-likeness (QED) is 0.623. The molecule has 0 saturated carbocycles. The van der Waals surface area contributed by atoms with Crippen molar-refractivity contribution >= 4 is 45.3 Å². The molecule has 2 amide bonds. The van der Waals surface area contributed by atoms with Gasteiger partial charge in [0.2, 0.25) is 5.91 Å². The zero-order chi connectivity index (χ0) is 15.1. The van der Waals surface area contributed by atoms with Crippen LogP contribution >= 0.6 is 11.8 Å². The van der Waals surface area contributed by atoms with Crippen LogP contribution in [0.15, 0.2) is 0 Å². The molecule has 20 heavy (non-hydrogen) atoms. The van der Waals surface area contributed by atoms with Gasteiger partial charge in [-0.25, -0.2) is 0 Å². The van der Waals surface area contributed by atoms with Gasteiger partial charge in [-0.15, -0.1) is 0 Å². The lowest BCUT2D eigenvalue weighted by Gasteiger charge is -2.11. The minimum Gasteiger partial charge on any atom is -0.299 e. The van der Waals surface area contributed by atoms with E-state index < -0.39 is 10.8 Å². The zero-order valence-corrected chi connectivity index (χ0v) is 12.9. The molecule has 1 rings (SSSR count). The Morgan fingerprint density at radius 3 is 2.45 bits per heavy atom. The Morgan fingerprint density at radius 2 is 1.90 bits per heavy atom. The van der Waals surface area contributed by atoms with Crippen molar-refractivity contribution in [2.24, 2.45) is 0 Å². The summed E-state index contributed by atoms with van der Waals surface area (Å²) in [6, 6.07) is 0. The van der Waals surface area contributed by atoms with Gasteiger partial charge in [0.15, 0.2) is 0 Å². The monoisotopic (exact) mass is 319 g/mol. The van der Waals surface area contributed by atoms with Crippen LogP contribution in [0.1, 0.15) is 26.2 Å². The molecule has 0 spiro atoms. The summed E-state index contributed by atoms with van der Waals surface area (Å²) < 4.78 is 11.5. The molecule has 1 heterocycles. The lowest BCUT2D eigenvalue weighted by atomic mass is 10.2. The largest absolute Gasteiger partial charge is 0.299 e. The van der Waals surface area contributed by atoms with Gasteiger partial charge in [-0.05, 0) is 6.42 Å². The third-order valence-corrected chi connectivity index (χ3v) is 4.86. The SMILES string of the molecule is CCC(=O)CS(=O)CC(=O)CCCN1C(=O)CSC1=O. The van der Waals surface area contributed by atoms with Gasteiger partial charge >= 0.3 is 0 Å². The molecule has 0 aliphatic carbocycles. The molecule has 0 aromatic rings. The maximum Gasteiger partial charge on any atom is 0.288 e. The third-order valence-electron chi connectivity index (χ3n) is 2.72. The highest BCUT2D eigenvalue weighted by Gasteiger charge is 2.29. The van der Waals surface area contributed by atoms with Crippen molar-refractivity contribution in [1.82, 2.24) is 4.90 Å². The molecular formula is C12H17NO5S2. The fourth-order valence-corrected chi connectivity index (χ4v) is 3.54. The Morgan fingerprint density at radius 1 is 1.25 bits per heavy atom. The third kappa shape index (κ3) is 5.54. The summed E-state index contributed by atoms with van der Waals surface area (Å²) in [4.78, 5) is 46.4. The van der Waals surface area contributed by atoms with Crippen LogP contribution < -0.4 is 0 Å². The average Bonchev–Trinajstić information content (AvgIpc) is 2.69. The van der Waals surface area contributed by atoms with Crippen LogP contribution in [0.2, 0.25) is 0 Å². The van der Waals surface area contributed by atoms with Crippen LogP contribution in [-0.4, -0.2) is 55.6 Å². The number of carbonyl (C=O) groups excluding carboxylic acids is 4. The molecule has 0 aromatic carbocycles. The predicted octanol–water partition coefficient (Wildman–Crippen LogP) is 0.759. The highest BCUT2D eigenvalue weighted by molar-refractivity contribution is 8.14. The summed E-state index contributed by atoms with van der Waals surface area (Å²) in [5.41, 5.74) is 0. The van der Waals surface area contributed by atoms with Crippen LogP contribution in [0.5, 0.6) is 0 Å². The highest BCUT2D eigenvalue weighted by atomic mass is 32.2. The Balaban J connectivity index is 2.23. The van der Waals surface area contributed by atoms with Crippen LogP contribution in [0.4, 0.5) is 4.79 Å². The molecule has 112 valence electrons. The Bertz CT molecular complexity index is 433. The first kappa shape index (κ1) is 17.0. The van der Waals surface area contributed by atoms with Crippen molar-refractivity contribution in [3.63, 3.8) is 0 Å². The molecule has 6 nitrogen and oxygen atoms in total. The summed E-state index contributed by atoms with van der Waals surface area (Å²) in [6.45, 7) is 1.90. The van der Waals surface area contributed by atoms with Gasteiger partial charge in [0.05, 0.1) is 17.3 Å². The first-order valence-electron chi connectivity index (χ1n) is 6.29. The Hall–Kier alpha value is -1.02. The minimum atomic E-state index is -1.45. The van der Waals surface area contributed by atoms with Crippen LogP contribution in [0.3, 0.4) is 0 Å². The molecule has 1 saturated heterocycles. The first-order chi connectivity index (χ1) is 9.43. The van der Waals surface area contributed by atoms with E-state index in [0.717, 1.165) is 16.7 Å². The van der Waals surface area contributed by atoms with Gasteiger partial charge < -0.3 is 0 Å². The minimum absolute atomic E-state index is 0.0814. The van der Waals surface area contributed by atoms with Gasteiger partial charge in [0.25, 0.3) is 5.24 Å². The van der Waals surface area contributed by atoms with E-state index in [1.54, 1.807) is 6.92 Å². The molecule has 0 bridgehead atoms. The number of thioether (sulfide) groups is 1. The van der Waals surface area contributed by atoms with E-state index in [1.165, 1.54) is 0 Å². The normalized spacial score (nSPS) is 16.6. The number of Topliss-reactive ketones (excluding diaryl/α,β-unsaturated/α-hetero) is 2. The van der Waals surface area contributed by atoms with Crippen molar-refractivity contribution in [3.05, 3.63) is 0 Å². The van der Waals surface area contributed by atoms with E-state index in [1.807, 2.05) is 0 Å². The van der Waals surface area contributed by atoms with Gasteiger partial charge in [-0.1, -0.05) is 18.7 Å². The highest BCUT2D eigenvalue weighted by Crippen LogP contribution is 2.18. The molecule has 1 aliphatic heterocycles. The molecule has 1 atom stereocenters. The number of imide groups is 1. The maximum absolute atomic E-state index is 11.6. The fourth-order valence-electron chi connectivity index (χ4n) is 1.62. The second kappa shape index (κ2) is 8.31. The summed E-state index contributed by atoms with van der Waals surface area (Å²) in [5, 5.41) is -0.278. The number of carbonyl (C=O) groups is 4. The van der Waals surface area contributed by atoms with E-state index in [4.69, 9.17) is 0 Å². The molecule has 1 fully saturated rings. The van der Waals surface area contributed by atoms with E-state index in [2.05, 4.69) is 0 Å². The van der Waals surface area contributed by atoms with E-state index in [0.29, 0.717) is 12.8 Å². The van der Waals surface area contributed by atoms with Crippen LogP contribution in [-0.2, 0) is 25.2 Å². The first-order valence-corrected chi connectivity index (χ1v) is 8.77. The number of hydrogen-bond donors (Lipinski definition) is 0. The smallest absolute Gasteiger partial charge is 0.288 e. The standard InChI is InChI=1S/C12H17NO5S2/c1-2-9(14)7-20(18)8-10(15)4-3-5-13-11(16)6-19-12(13)17/h2-8H2,1H3. The van der Waals surface area contributed by atoms with Crippen molar-refractivity contribution in [3.8, 4) is 0 Å². The van der Waals surface area contributed by atoms with Crippen molar-refractivity contribution in [2.75, 3.05) is 23.8 Å². The Labute approximate surface area is 124 Å². The predicted molar refractivity (Wildman–Crippen MR) is 77.0 cm³/mol. The average molecular weight is 319 g/mol. The second-order valence-electron chi connectivity index (χ2n) is 4.36. The topological polar surface area (TPSA) is 88.6 Å². The van der Waals surface area contributed by atoms with E-state index >= 15 is 0 Å². The van der Waals surface area contributed by atoms with Crippen molar-refractivity contribution in [2.45, 2.75) is 26.2 Å². The zero-order valence-electron chi connectivity index (χ0n) is 11.3. The number of nitrogens with zero attached hydrogens (tertiary/aromatic N) is 1. The maximum atomic E-state index is 11.6. The van der Waals surface area contributed by atoms with Crippen molar-refractivity contribution < 1.29 is 23.4 Å². The number of rotatable bonds is 9. The molecule has 0 N–H and O–H groups in total. The summed E-state index contributed by atoms with van der Waals surface area (Å²) >= 11 is 0.959. The molecular weight excluding hydrogens is 302 g/mol. The fraction of sp³-hybridized carbons (Fsp3) is 0.667. The van der Waals surface area contributed by atoms with E-state index in [-0.39, 0.29) is 52.9 Å². The molecule has 1 unspecified atom stereocenters. The second-order valence-corrected chi connectivity index (χ2v) is 6.75. The van der Waals surface area contributed by atoms with Gasteiger partial charge in [-0.3, -0.25) is 28.3 Å². The summed E-state index contributed by atoms with van der Waals surface area (Å²) in [7, 11) is -1.45. The number of amides is 2. The Kier molecular flexibility index (Phi) is 7.08. The number of ketones is 2. The van der Waals surface area contributed by atoms with Gasteiger partial charge in [0.1, 0.15) is 11.6 Å². The van der Waals surface area contributed by atoms with Crippen LogP contribution in [0, 0.1) is 0 Å².